The van der Waals surface area contributed by atoms with Crippen LogP contribution in [-0.4, -0.2) is 36.6 Å². The second-order valence-corrected chi connectivity index (χ2v) is 8.01. The number of nitrogens with two attached hydrogens (primary N) is 1. The second kappa shape index (κ2) is 14.7. The van der Waals surface area contributed by atoms with Crippen molar-refractivity contribution in [1.82, 2.24) is 4.98 Å². The highest BCUT2D eigenvalue weighted by Crippen LogP contribution is 2.34. The van der Waals surface area contributed by atoms with Crippen molar-refractivity contribution in [2.45, 2.75) is 38.0 Å². The largest absolute Gasteiger partial charge is 0.497 e. The third kappa shape index (κ3) is 8.37. The Morgan fingerprint density at radius 2 is 1.35 bits per heavy atom. The van der Waals surface area contributed by atoms with E-state index in [4.69, 9.17) is 19.9 Å². The molecule has 0 aliphatic carbocycles. The lowest BCUT2D eigenvalue weighted by atomic mass is 9.82. The molecule has 0 aliphatic heterocycles. The van der Waals surface area contributed by atoms with Crippen LogP contribution in [0.4, 0.5) is 0 Å². The quantitative estimate of drug-likeness (QED) is 0.345. The third-order valence-corrected chi connectivity index (χ3v) is 5.60. The Morgan fingerprint density at radius 3 is 1.79 bits per heavy atom. The molecule has 3 N–H and O–H groups in total. The van der Waals surface area contributed by atoms with E-state index in [1.807, 2.05) is 24.3 Å². The highest BCUT2D eigenvalue weighted by Gasteiger charge is 2.23. The maximum atomic E-state index is 10.6. The van der Waals surface area contributed by atoms with Gasteiger partial charge in [0, 0.05) is 12.1 Å². The number of pyridine rings is 1. The minimum atomic E-state index is -0.818. The molecular formula is C26H34Cl2N2O4. The van der Waals surface area contributed by atoms with Gasteiger partial charge in [-0.1, -0.05) is 31.2 Å². The van der Waals surface area contributed by atoms with Gasteiger partial charge in [0.1, 0.15) is 23.4 Å². The van der Waals surface area contributed by atoms with Crippen LogP contribution in [-0.2, 0) is 0 Å². The lowest BCUT2D eigenvalue weighted by molar-refractivity contribution is 0.0241. The van der Waals surface area contributed by atoms with Gasteiger partial charge in [-0.15, -0.1) is 24.8 Å². The van der Waals surface area contributed by atoms with Gasteiger partial charge in [0.15, 0.2) is 6.23 Å². The maximum absolute atomic E-state index is 10.6. The minimum absolute atomic E-state index is 0. The zero-order valence-corrected chi connectivity index (χ0v) is 21.3. The normalized spacial score (nSPS) is 13.1. The van der Waals surface area contributed by atoms with E-state index in [1.165, 1.54) is 11.1 Å². The van der Waals surface area contributed by atoms with Gasteiger partial charge in [-0.25, -0.2) is 0 Å². The van der Waals surface area contributed by atoms with Gasteiger partial charge >= 0.3 is 0 Å². The lowest BCUT2D eigenvalue weighted by Gasteiger charge is -2.26. The van der Waals surface area contributed by atoms with E-state index >= 15 is 0 Å². The van der Waals surface area contributed by atoms with Crippen molar-refractivity contribution in [1.29, 1.82) is 0 Å². The van der Waals surface area contributed by atoms with E-state index < -0.39 is 12.3 Å². The molecule has 8 heteroatoms. The fraction of sp³-hybridized carbons (Fsp3) is 0.346. The summed E-state index contributed by atoms with van der Waals surface area (Å²) in [6.45, 7) is 2.13. The van der Waals surface area contributed by atoms with Gasteiger partial charge in [0.25, 0.3) is 0 Å². The molecule has 0 saturated heterocycles. The average Bonchev–Trinajstić information content (AvgIpc) is 2.83. The molecule has 0 amide bonds. The fourth-order valence-electron chi connectivity index (χ4n) is 3.83. The van der Waals surface area contributed by atoms with Crippen LogP contribution in [0.3, 0.4) is 0 Å². The maximum Gasteiger partial charge on any atom is 0.173 e. The highest BCUT2D eigenvalue weighted by molar-refractivity contribution is 5.85. The summed E-state index contributed by atoms with van der Waals surface area (Å²) >= 11 is 0. The van der Waals surface area contributed by atoms with E-state index in [9.17, 15) is 5.11 Å². The van der Waals surface area contributed by atoms with E-state index in [0.717, 1.165) is 17.9 Å². The number of nitrogens with zero attached hydrogens (tertiary/aromatic N) is 1. The molecule has 6 nitrogen and oxygen atoms in total. The molecule has 3 aromatic rings. The Hall–Kier alpha value is -2.51. The molecule has 1 heterocycles. The first-order valence-corrected chi connectivity index (χ1v) is 10.8. The summed E-state index contributed by atoms with van der Waals surface area (Å²) in [6, 6.07) is 19.8. The summed E-state index contributed by atoms with van der Waals surface area (Å²) in [5, 5.41) is 10.6. The molecule has 34 heavy (non-hydrogen) atoms. The molecule has 0 radical (unpaired) electrons. The van der Waals surface area contributed by atoms with Crippen LogP contribution in [0.2, 0.25) is 0 Å². The molecule has 1 aromatic heterocycles. The Kier molecular flexibility index (Phi) is 12.8. The molecule has 3 rings (SSSR count). The van der Waals surface area contributed by atoms with E-state index in [-0.39, 0.29) is 36.6 Å². The number of aliphatic hydroxyl groups excluding tert-OH is 1. The summed E-state index contributed by atoms with van der Waals surface area (Å²) in [5.74, 6) is 2.54. The van der Waals surface area contributed by atoms with E-state index in [1.54, 1.807) is 38.7 Å². The third-order valence-electron chi connectivity index (χ3n) is 5.60. The number of rotatable bonds is 11. The lowest BCUT2D eigenvalue weighted by Crippen LogP contribution is -2.40. The predicted octanol–water partition coefficient (Wildman–Crippen LogP) is 5.22. The number of ether oxygens (including phenoxy) is 3. The average molecular weight is 509 g/mol. The number of hydrogen-bond acceptors (Lipinski definition) is 6. The number of hydrogen-bond donors (Lipinski definition) is 2. The van der Waals surface area contributed by atoms with Gasteiger partial charge in [-0.05, 0) is 66.3 Å². The van der Waals surface area contributed by atoms with Crippen molar-refractivity contribution in [3.8, 4) is 17.2 Å². The molecule has 0 spiro atoms. The zero-order chi connectivity index (χ0) is 22.9. The standard InChI is InChI=1S/C26H32N2O4.2ClH/c1-18(16-25(29)26(27)32-23-5-4-14-28-17-23)15-24(19-6-10-21(30-2)11-7-19)20-8-12-22(31-3)13-9-20;;/h4-14,17-18,24-26,29H,15-16,27H2,1-3H3;2*1H/t18?,25-,26?;;/m0../s1. The topological polar surface area (TPSA) is 86.8 Å². The number of benzene rings is 2. The van der Waals surface area contributed by atoms with Crippen LogP contribution in [0, 0.1) is 5.92 Å². The fourth-order valence-corrected chi connectivity index (χ4v) is 3.83. The van der Waals surface area contributed by atoms with E-state index in [0.29, 0.717) is 12.2 Å². The van der Waals surface area contributed by atoms with Crippen LogP contribution in [0.1, 0.15) is 36.8 Å². The van der Waals surface area contributed by atoms with Crippen molar-refractivity contribution >= 4 is 24.8 Å². The van der Waals surface area contributed by atoms with Crippen molar-refractivity contribution < 1.29 is 19.3 Å². The molecule has 2 aromatic carbocycles. The predicted molar refractivity (Wildman–Crippen MR) is 140 cm³/mol. The summed E-state index contributed by atoms with van der Waals surface area (Å²) in [5.41, 5.74) is 8.46. The summed E-state index contributed by atoms with van der Waals surface area (Å²) in [7, 11) is 3.33. The SMILES string of the molecule is COc1ccc(C(CC(C)C[C@H](O)C(N)Oc2cccnc2)c2ccc(OC)cc2)cc1.Cl.Cl. The molecule has 0 fully saturated rings. The van der Waals surface area contributed by atoms with Gasteiger partial charge in [0.2, 0.25) is 0 Å². The first-order valence-electron chi connectivity index (χ1n) is 10.8. The monoisotopic (exact) mass is 508 g/mol. The van der Waals surface area contributed by atoms with Crippen LogP contribution in [0.15, 0.2) is 73.1 Å². The van der Waals surface area contributed by atoms with Crippen LogP contribution in [0.25, 0.3) is 0 Å². The number of aromatic nitrogens is 1. The van der Waals surface area contributed by atoms with Crippen LogP contribution < -0.4 is 19.9 Å². The van der Waals surface area contributed by atoms with Gasteiger partial charge in [-0.3, -0.25) is 10.7 Å². The summed E-state index contributed by atoms with van der Waals surface area (Å²) in [6.07, 6.45) is 2.99. The minimum Gasteiger partial charge on any atom is -0.497 e. The summed E-state index contributed by atoms with van der Waals surface area (Å²) < 4.78 is 16.3. The van der Waals surface area contributed by atoms with Crippen molar-refractivity contribution in [2.75, 3.05) is 14.2 Å². The van der Waals surface area contributed by atoms with E-state index in [2.05, 4.69) is 36.2 Å². The van der Waals surface area contributed by atoms with Crippen LogP contribution >= 0.6 is 24.8 Å². The van der Waals surface area contributed by atoms with Crippen molar-refractivity contribution in [3.63, 3.8) is 0 Å². The number of halogens is 2. The van der Waals surface area contributed by atoms with Crippen molar-refractivity contribution in [3.05, 3.63) is 84.2 Å². The highest BCUT2D eigenvalue weighted by atomic mass is 35.5. The number of methoxy groups -OCH3 is 2. The van der Waals surface area contributed by atoms with Gasteiger partial charge in [-0.2, -0.15) is 0 Å². The first-order chi connectivity index (χ1) is 15.5. The first kappa shape index (κ1) is 29.5. The molecule has 3 atom stereocenters. The summed E-state index contributed by atoms with van der Waals surface area (Å²) in [4.78, 5) is 4.01. The molecule has 0 bridgehead atoms. The second-order valence-electron chi connectivity index (χ2n) is 8.01. The molecule has 186 valence electrons. The van der Waals surface area contributed by atoms with Crippen molar-refractivity contribution in [2.24, 2.45) is 11.7 Å². The van der Waals surface area contributed by atoms with Crippen LogP contribution in [0.5, 0.6) is 17.2 Å². The van der Waals surface area contributed by atoms with Gasteiger partial charge in [0.05, 0.1) is 20.4 Å². The molecule has 0 saturated carbocycles. The Labute approximate surface area is 214 Å². The zero-order valence-electron chi connectivity index (χ0n) is 19.7. The Morgan fingerprint density at radius 1 is 0.824 bits per heavy atom. The molecule has 0 aliphatic rings. The van der Waals surface area contributed by atoms with Gasteiger partial charge < -0.3 is 19.3 Å². The Bertz CT molecular complexity index is 896. The molecule has 2 unspecified atom stereocenters. The molecular weight excluding hydrogens is 475 g/mol. The number of aliphatic hydroxyl groups is 1. The Balaban J connectivity index is 0.00000289. The smallest absolute Gasteiger partial charge is 0.173 e.